The molecule has 98 valence electrons. The quantitative estimate of drug-likeness (QED) is 0.841. The van der Waals surface area contributed by atoms with Crippen LogP contribution in [0.1, 0.15) is 34.8 Å². The number of nitrogens with two attached hydrogens (primary N) is 1. The minimum Gasteiger partial charge on any atom is -0.373 e. The molecule has 0 spiro atoms. The molecule has 1 aromatic heterocycles. The second-order valence-electron chi connectivity index (χ2n) is 4.85. The number of ether oxygens (including phenoxy) is 1. The summed E-state index contributed by atoms with van der Waals surface area (Å²) in [7, 11) is 0. The zero-order valence-corrected chi connectivity index (χ0v) is 10.9. The van der Waals surface area contributed by atoms with Gasteiger partial charge in [-0.25, -0.2) is 4.98 Å². The Morgan fingerprint density at radius 2 is 2.50 bits per heavy atom. The van der Waals surface area contributed by atoms with Crippen molar-refractivity contribution in [3.05, 3.63) is 16.1 Å². The van der Waals surface area contributed by atoms with Gasteiger partial charge >= 0.3 is 0 Å². The smallest absolute Gasteiger partial charge is 0.271 e. The molecule has 5 nitrogen and oxygen atoms in total. The van der Waals surface area contributed by atoms with Crippen LogP contribution in [0.4, 0.5) is 0 Å². The largest absolute Gasteiger partial charge is 0.373 e. The Hall–Kier alpha value is -0.980. The standard InChI is InChI=1S/C12H17N3O2S/c13-4-3-11-14-9(6-18-11)12(16)15-8-5-7-1-2-10(8)17-7/h6-8,10H,1-5,13H2,(H,15,16). The summed E-state index contributed by atoms with van der Waals surface area (Å²) in [6.45, 7) is 0.564. The molecule has 6 heteroatoms. The molecular weight excluding hydrogens is 250 g/mol. The zero-order valence-electron chi connectivity index (χ0n) is 10.1. The van der Waals surface area contributed by atoms with Gasteiger partial charge in [-0.05, 0) is 25.8 Å². The number of carbonyl (C=O) groups is 1. The molecule has 3 atom stereocenters. The summed E-state index contributed by atoms with van der Waals surface area (Å²) in [5, 5.41) is 5.75. The topological polar surface area (TPSA) is 77.2 Å². The van der Waals surface area contributed by atoms with Crippen molar-refractivity contribution in [3.8, 4) is 0 Å². The van der Waals surface area contributed by atoms with Gasteiger partial charge in [0.2, 0.25) is 0 Å². The number of thiazole rings is 1. The van der Waals surface area contributed by atoms with Gasteiger partial charge in [0, 0.05) is 11.8 Å². The SMILES string of the molecule is NCCc1nc(C(=O)NC2CC3CCC2O3)cs1. The molecule has 2 aliphatic heterocycles. The fourth-order valence-corrected chi connectivity index (χ4v) is 3.48. The molecule has 3 heterocycles. The van der Waals surface area contributed by atoms with Crippen molar-refractivity contribution in [1.29, 1.82) is 0 Å². The summed E-state index contributed by atoms with van der Waals surface area (Å²) >= 11 is 1.49. The van der Waals surface area contributed by atoms with Crippen LogP contribution in [0.25, 0.3) is 0 Å². The van der Waals surface area contributed by atoms with Crippen molar-refractivity contribution >= 4 is 17.2 Å². The Morgan fingerprint density at radius 3 is 3.17 bits per heavy atom. The first-order valence-electron chi connectivity index (χ1n) is 6.37. The highest BCUT2D eigenvalue weighted by Crippen LogP contribution is 2.34. The molecule has 2 saturated heterocycles. The number of aromatic nitrogens is 1. The number of hydrogen-bond acceptors (Lipinski definition) is 5. The van der Waals surface area contributed by atoms with Gasteiger partial charge in [0.25, 0.3) is 5.91 Å². The first-order chi connectivity index (χ1) is 8.76. The molecule has 3 rings (SSSR count). The van der Waals surface area contributed by atoms with E-state index in [-0.39, 0.29) is 18.1 Å². The average Bonchev–Trinajstić information content (AvgIpc) is 3.04. The van der Waals surface area contributed by atoms with Crippen molar-refractivity contribution < 1.29 is 9.53 Å². The van der Waals surface area contributed by atoms with E-state index in [4.69, 9.17) is 10.5 Å². The summed E-state index contributed by atoms with van der Waals surface area (Å²) in [6.07, 6.45) is 4.43. The van der Waals surface area contributed by atoms with Crippen molar-refractivity contribution in [1.82, 2.24) is 10.3 Å². The van der Waals surface area contributed by atoms with Gasteiger partial charge < -0.3 is 15.8 Å². The molecule has 2 bridgehead atoms. The Kier molecular flexibility index (Phi) is 3.32. The lowest BCUT2D eigenvalue weighted by Gasteiger charge is -2.19. The number of carbonyl (C=O) groups excluding carboxylic acids is 1. The Bertz CT molecular complexity index is 448. The van der Waals surface area contributed by atoms with E-state index in [9.17, 15) is 4.79 Å². The lowest BCUT2D eigenvalue weighted by molar-refractivity contribution is 0.0838. The number of hydrogen-bond donors (Lipinski definition) is 2. The Labute approximate surface area is 110 Å². The van der Waals surface area contributed by atoms with Crippen molar-refractivity contribution in [2.24, 2.45) is 5.73 Å². The van der Waals surface area contributed by atoms with Crippen molar-refractivity contribution in [2.45, 2.75) is 43.9 Å². The molecule has 2 aliphatic rings. The zero-order chi connectivity index (χ0) is 12.5. The molecule has 2 fully saturated rings. The van der Waals surface area contributed by atoms with Gasteiger partial charge in [0.1, 0.15) is 5.69 Å². The van der Waals surface area contributed by atoms with Crippen molar-refractivity contribution in [2.75, 3.05) is 6.54 Å². The molecule has 18 heavy (non-hydrogen) atoms. The lowest BCUT2D eigenvalue weighted by Crippen LogP contribution is -2.41. The van der Waals surface area contributed by atoms with E-state index < -0.39 is 0 Å². The van der Waals surface area contributed by atoms with Crippen LogP contribution in [0.2, 0.25) is 0 Å². The maximum Gasteiger partial charge on any atom is 0.271 e. The monoisotopic (exact) mass is 267 g/mol. The van der Waals surface area contributed by atoms with Crippen LogP contribution >= 0.6 is 11.3 Å². The predicted octanol–water partition coefficient (Wildman–Crippen LogP) is 0.694. The molecule has 0 aliphatic carbocycles. The second-order valence-corrected chi connectivity index (χ2v) is 5.80. The highest BCUT2D eigenvalue weighted by molar-refractivity contribution is 7.09. The highest BCUT2D eigenvalue weighted by Gasteiger charge is 2.41. The molecule has 3 unspecified atom stereocenters. The lowest BCUT2D eigenvalue weighted by atomic mass is 9.95. The van der Waals surface area contributed by atoms with Crippen molar-refractivity contribution in [3.63, 3.8) is 0 Å². The van der Waals surface area contributed by atoms with E-state index in [1.54, 1.807) is 5.38 Å². The van der Waals surface area contributed by atoms with Gasteiger partial charge in [0.05, 0.1) is 23.3 Å². The molecule has 1 amide bonds. The fourth-order valence-electron chi connectivity index (χ4n) is 2.69. The highest BCUT2D eigenvalue weighted by atomic mass is 32.1. The van der Waals surface area contributed by atoms with Crippen LogP contribution in [0.5, 0.6) is 0 Å². The minimum atomic E-state index is -0.0873. The summed E-state index contributed by atoms with van der Waals surface area (Å²) < 4.78 is 5.72. The van der Waals surface area contributed by atoms with Crippen LogP contribution in [0.15, 0.2) is 5.38 Å². The third kappa shape index (κ3) is 2.28. The van der Waals surface area contributed by atoms with E-state index in [1.165, 1.54) is 11.3 Å². The van der Waals surface area contributed by atoms with E-state index in [2.05, 4.69) is 10.3 Å². The molecular formula is C12H17N3O2S. The third-order valence-electron chi connectivity index (χ3n) is 3.57. The number of fused-ring (bicyclic) bond motifs is 2. The summed E-state index contributed by atoms with van der Waals surface area (Å²) in [6, 6.07) is 0.163. The van der Waals surface area contributed by atoms with Gasteiger partial charge in [0.15, 0.2) is 0 Å². The first kappa shape index (κ1) is 12.1. The second kappa shape index (κ2) is 4.95. The van der Waals surface area contributed by atoms with Gasteiger partial charge in [-0.15, -0.1) is 11.3 Å². The van der Waals surface area contributed by atoms with Gasteiger partial charge in [-0.3, -0.25) is 4.79 Å². The van der Waals surface area contributed by atoms with Crippen LogP contribution < -0.4 is 11.1 Å². The molecule has 1 aromatic rings. The maximum absolute atomic E-state index is 12.0. The van der Waals surface area contributed by atoms with E-state index in [0.717, 1.165) is 30.7 Å². The van der Waals surface area contributed by atoms with Gasteiger partial charge in [-0.2, -0.15) is 0 Å². The summed E-state index contributed by atoms with van der Waals surface area (Å²) in [5.74, 6) is -0.0873. The number of nitrogens with one attached hydrogen (secondary N) is 1. The first-order valence-corrected chi connectivity index (χ1v) is 7.25. The van der Waals surface area contributed by atoms with Crippen LogP contribution in [0.3, 0.4) is 0 Å². The number of nitrogens with zero attached hydrogens (tertiary/aromatic N) is 1. The van der Waals surface area contributed by atoms with E-state index in [1.807, 2.05) is 0 Å². The molecule has 0 saturated carbocycles. The maximum atomic E-state index is 12.0. The molecule has 3 N–H and O–H groups in total. The third-order valence-corrected chi connectivity index (χ3v) is 4.47. The number of rotatable bonds is 4. The summed E-state index contributed by atoms with van der Waals surface area (Å²) in [4.78, 5) is 16.3. The predicted molar refractivity (Wildman–Crippen MR) is 68.6 cm³/mol. The molecule has 0 radical (unpaired) electrons. The van der Waals surface area contributed by atoms with E-state index >= 15 is 0 Å². The van der Waals surface area contributed by atoms with Crippen LogP contribution in [-0.2, 0) is 11.2 Å². The fraction of sp³-hybridized carbons (Fsp3) is 0.667. The average molecular weight is 267 g/mol. The van der Waals surface area contributed by atoms with Gasteiger partial charge in [-0.1, -0.05) is 0 Å². The Morgan fingerprint density at radius 1 is 1.61 bits per heavy atom. The van der Waals surface area contributed by atoms with Crippen LogP contribution in [-0.4, -0.2) is 35.7 Å². The van der Waals surface area contributed by atoms with Crippen LogP contribution in [0, 0.1) is 0 Å². The number of amides is 1. The summed E-state index contributed by atoms with van der Waals surface area (Å²) in [5.41, 5.74) is 5.97. The minimum absolute atomic E-state index is 0.0873. The van der Waals surface area contributed by atoms with E-state index in [0.29, 0.717) is 18.3 Å². The Balaban J connectivity index is 1.60. The molecule has 0 aromatic carbocycles. The normalized spacial score (nSPS) is 29.7.